The first kappa shape index (κ1) is 18.5. The van der Waals surface area contributed by atoms with Gasteiger partial charge in [0.05, 0.1) is 10.5 Å². The summed E-state index contributed by atoms with van der Waals surface area (Å²) in [4.78, 5) is 27.2. The molecule has 0 radical (unpaired) electrons. The Morgan fingerprint density at radius 3 is 2.56 bits per heavy atom. The highest BCUT2D eigenvalue weighted by Crippen LogP contribution is 2.33. The Morgan fingerprint density at radius 2 is 1.89 bits per heavy atom. The van der Waals surface area contributed by atoms with Gasteiger partial charge in [0, 0.05) is 45.0 Å². The van der Waals surface area contributed by atoms with Crippen molar-refractivity contribution in [2.24, 2.45) is 0 Å². The van der Waals surface area contributed by atoms with E-state index in [0.29, 0.717) is 35.8 Å². The van der Waals surface area contributed by atoms with E-state index in [-0.39, 0.29) is 18.4 Å². The molecule has 0 saturated carbocycles. The lowest BCUT2D eigenvalue weighted by atomic mass is 10.1. The van der Waals surface area contributed by atoms with Crippen LogP contribution in [0.3, 0.4) is 0 Å². The van der Waals surface area contributed by atoms with Gasteiger partial charge in [0.15, 0.2) is 11.5 Å². The molecule has 0 aromatic heterocycles. The van der Waals surface area contributed by atoms with Gasteiger partial charge in [-0.15, -0.1) is 0 Å². The maximum atomic E-state index is 13.1. The van der Waals surface area contributed by atoms with Crippen LogP contribution in [0.15, 0.2) is 36.4 Å². The van der Waals surface area contributed by atoms with Crippen molar-refractivity contribution in [3.05, 3.63) is 57.6 Å². The van der Waals surface area contributed by atoms with E-state index in [2.05, 4.69) is 0 Å². The highest BCUT2D eigenvalue weighted by atomic mass is 16.7. The number of amides is 1. The van der Waals surface area contributed by atoms with Gasteiger partial charge >= 0.3 is 0 Å². The van der Waals surface area contributed by atoms with Crippen LogP contribution in [-0.2, 0) is 6.54 Å². The van der Waals surface area contributed by atoms with Gasteiger partial charge in [0.2, 0.25) is 6.79 Å². The summed E-state index contributed by atoms with van der Waals surface area (Å²) >= 11 is 0. The zero-order valence-corrected chi connectivity index (χ0v) is 15.5. The lowest BCUT2D eigenvalue weighted by Gasteiger charge is -2.24. The summed E-state index contributed by atoms with van der Waals surface area (Å²) < 4.78 is 10.7. The molecule has 0 bridgehead atoms. The van der Waals surface area contributed by atoms with E-state index in [1.54, 1.807) is 30.0 Å². The molecular weight excluding hydrogens is 350 g/mol. The summed E-state index contributed by atoms with van der Waals surface area (Å²) in [6, 6.07) is 9.87. The van der Waals surface area contributed by atoms with E-state index in [1.165, 1.54) is 12.1 Å². The van der Waals surface area contributed by atoms with Crippen molar-refractivity contribution in [3.8, 4) is 11.5 Å². The van der Waals surface area contributed by atoms with Crippen molar-refractivity contribution in [3.63, 3.8) is 0 Å². The van der Waals surface area contributed by atoms with Crippen LogP contribution in [0.4, 0.5) is 11.4 Å². The Balaban J connectivity index is 1.90. The summed E-state index contributed by atoms with van der Waals surface area (Å²) in [5.74, 6) is 1.07. The van der Waals surface area contributed by atoms with Crippen LogP contribution < -0.4 is 14.4 Å². The molecule has 0 atom stereocenters. The lowest BCUT2D eigenvalue weighted by molar-refractivity contribution is -0.384. The average Bonchev–Trinajstić information content (AvgIpc) is 3.12. The second-order valence-electron chi connectivity index (χ2n) is 6.36. The average molecular weight is 371 g/mol. The van der Waals surface area contributed by atoms with E-state index in [4.69, 9.17) is 9.47 Å². The summed E-state index contributed by atoms with van der Waals surface area (Å²) in [5.41, 5.74) is 1.72. The monoisotopic (exact) mass is 371 g/mol. The van der Waals surface area contributed by atoms with Crippen LogP contribution >= 0.6 is 0 Å². The Bertz CT molecular complexity index is 882. The molecule has 1 aliphatic rings. The Kier molecular flexibility index (Phi) is 5.16. The molecule has 0 saturated heterocycles. The molecule has 0 aliphatic carbocycles. The number of benzene rings is 2. The third-order valence-electron chi connectivity index (χ3n) is 4.38. The fraction of sp³-hybridized carbons (Fsp3) is 0.316. The Hall–Kier alpha value is -3.29. The van der Waals surface area contributed by atoms with E-state index in [0.717, 1.165) is 5.56 Å². The van der Waals surface area contributed by atoms with E-state index in [9.17, 15) is 14.9 Å². The summed E-state index contributed by atoms with van der Waals surface area (Å²) in [6.07, 6.45) is 0. The van der Waals surface area contributed by atoms with Crippen LogP contribution in [0, 0.1) is 10.1 Å². The van der Waals surface area contributed by atoms with E-state index in [1.807, 2.05) is 25.1 Å². The number of nitrogens with zero attached hydrogens (tertiary/aromatic N) is 3. The maximum absolute atomic E-state index is 13.1. The van der Waals surface area contributed by atoms with Crippen molar-refractivity contribution in [2.45, 2.75) is 13.5 Å². The SMILES string of the molecule is CCN(Cc1ccc2c(c1)OCO2)C(=O)c1cc([N+](=O)[O-])ccc1N(C)C. The zero-order valence-electron chi connectivity index (χ0n) is 15.5. The fourth-order valence-corrected chi connectivity index (χ4v) is 2.96. The minimum Gasteiger partial charge on any atom is -0.454 e. The van der Waals surface area contributed by atoms with Crippen molar-refractivity contribution in [1.29, 1.82) is 0 Å². The van der Waals surface area contributed by atoms with Gasteiger partial charge in [-0.25, -0.2) is 0 Å². The van der Waals surface area contributed by atoms with Crippen LogP contribution in [0.1, 0.15) is 22.8 Å². The van der Waals surface area contributed by atoms with Crippen LogP contribution in [-0.4, -0.2) is 43.2 Å². The van der Waals surface area contributed by atoms with Gasteiger partial charge in [-0.3, -0.25) is 14.9 Å². The number of fused-ring (bicyclic) bond motifs is 1. The van der Waals surface area contributed by atoms with Gasteiger partial charge in [0.1, 0.15) is 0 Å². The van der Waals surface area contributed by atoms with Crippen molar-refractivity contribution < 1.29 is 19.2 Å². The topological polar surface area (TPSA) is 85.1 Å². The normalized spacial score (nSPS) is 12.0. The molecule has 142 valence electrons. The second-order valence-corrected chi connectivity index (χ2v) is 6.36. The van der Waals surface area contributed by atoms with E-state index >= 15 is 0 Å². The van der Waals surface area contributed by atoms with Gasteiger partial charge in [-0.2, -0.15) is 0 Å². The zero-order chi connectivity index (χ0) is 19.6. The predicted molar refractivity (Wildman–Crippen MR) is 100 cm³/mol. The number of nitro groups is 1. The first-order valence-corrected chi connectivity index (χ1v) is 8.54. The van der Waals surface area contributed by atoms with Gasteiger partial charge in [-0.1, -0.05) is 6.07 Å². The number of nitro benzene ring substituents is 1. The number of hydrogen-bond acceptors (Lipinski definition) is 6. The first-order chi connectivity index (χ1) is 12.9. The molecule has 0 N–H and O–H groups in total. The summed E-state index contributed by atoms with van der Waals surface area (Å²) in [6.45, 7) is 2.89. The molecular formula is C19H21N3O5. The molecule has 1 aliphatic heterocycles. The molecule has 2 aromatic carbocycles. The molecule has 27 heavy (non-hydrogen) atoms. The molecule has 3 rings (SSSR count). The van der Waals surface area contributed by atoms with Crippen LogP contribution in [0.2, 0.25) is 0 Å². The Morgan fingerprint density at radius 1 is 1.15 bits per heavy atom. The highest BCUT2D eigenvalue weighted by molar-refractivity contribution is 6.00. The van der Waals surface area contributed by atoms with Crippen molar-refractivity contribution >= 4 is 17.3 Å². The number of carbonyl (C=O) groups excluding carboxylic acids is 1. The van der Waals surface area contributed by atoms with E-state index < -0.39 is 4.92 Å². The number of rotatable bonds is 6. The molecule has 1 heterocycles. The summed E-state index contributed by atoms with van der Waals surface area (Å²) in [7, 11) is 3.60. The van der Waals surface area contributed by atoms with Crippen molar-refractivity contribution in [1.82, 2.24) is 4.90 Å². The quantitative estimate of drug-likeness (QED) is 0.573. The molecule has 0 unspecified atom stereocenters. The first-order valence-electron chi connectivity index (χ1n) is 8.54. The second kappa shape index (κ2) is 7.53. The lowest BCUT2D eigenvalue weighted by Crippen LogP contribution is -2.31. The van der Waals surface area contributed by atoms with Gasteiger partial charge in [0.25, 0.3) is 11.6 Å². The van der Waals surface area contributed by atoms with Crippen LogP contribution in [0.5, 0.6) is 11.5 Å². The smallest absolute Gasteiger partial charge is 0.270 e. The number of carbonyl (C=O) groups is 1. The molecule has 0 spiro atoms. The summed E-state index contributed by atoms with van der Waals surface area (Å²) in [5, 5.41) is 11.1. The van der Waals surface area contributed by atoms with Gasteiger partial charge < -0.3 is 19.3 Å². The standard InChI is InChI=1S/C19H21N3O5/c1-4-21(11-13-5-8-17-18(9-13)27-12-26-17)19(23)15-10-14(22(24)25)6-7-16(15)20(2)3/h5-10H,4,11-12H2,1-3H3. The third kappa shape index (κ3) is 3.79. The number of ether oxygens (including phenoxy) is 2. The molecule has 1 amide bonds. The van der Waals surface area contributed by atoms with Crippen LogP contribution in [0.25, 0.3) is 0 Å². The molecule has 2 aromatic rings. The number of anilines is 1. The minimum atomic E-state index is -0.496. The highest BCUT2D eigenvalue weighted by Gasteiger charge is 2.23. The fourth-order valence-electron chi connectivity index (χ4n) is 2.96. The molecule has 8 nitrogen and oxygen atoms in total. The molecule has 0 fully saturated rings. The number of hydrogen-bond donors (Lipinski definition) is 0. The largest absolute Gasteiger partial charge is 0.454 e. The number of non-ortho nitro benzene ring substituents is 1. The maximum Gasteiger partial charge on any atom is 0.270 e. The molecule has 8 heteroatoms. The Labute approximate surface area is 157 Å². The van der Waals surface area contributed by atoms with Crippen molar-refractivity contribution in [2.75, 3.05) is 32.3 Å². The van der Waals surface area contributed by atoms with Gasteiger partial charge in [-0.05, 0) is 30.7 Å². The predicted octanol–water partition coefficient (Wildman–Crippen LogP) is 3.05. The third-order valence-corrected chi connectivity index (χ3v) is 4.38. The minimum absolute atomic E-state index is 0.108.